The Morgan fingerprint density at radius 1 is 1.47 bits per heavy atom. The first-order chi connectivity index (χ1) is 8.13. The highest BCUT2D eigenvalue weighted by atomic mass is 35.5. The SMILES string of the molecule is CCOc1cccc2cc(C(=O)Cl)c(Cl)nc12. The third-order valence-corrected chi connectivity index (χ3v) is 2.77. The zero-order valence-electron chi connectivity index (χ0n) is 9.04. The van der Waals surface area contributed by atoms with E-state index >= 15 is 0 Å². The zero-order chi connectivity index (χ0) is 12.4. The number of nitrogens with zero attached hydrogens (tertiary/aromatic N) is 1. The molecule has 5 heteroatoms. The minimum Gasteiger partial charge on any atom is -0.492 e. The van der Waals surface area contributed by atoms with Crippen LogP contribution in [0, 0.1) is 0 Å². The Labute approximate surface area is 108 Å². The number of rotatable bonds is 3. The molecule has 0 fully saturated rings. The first kappa shape index (κ1) is 12.1. The molecule has 1 aromatic carbocycles. The average molecular weight is 270 g/mol. The van der Waals surface area contributed by atoms with Gasteiger partial charge in [-0.25, -0.2) is 4.98 Å². The lowest BCUT2D eigenvalue weighted by Crippen LogP contribution is -1.97. The standard InChI is InChI=1S/C12H9Cl2NO2/c1-2-17-9-5-3-4-7-6-8(12(14)16)11(13)15-10(7)9/h3-6H,2H2,1H3. The third-order valence-electron chi connectivity index (χ3n) is 2.27. The molecular formula is C12H9Cl2NO2. The molecule has 0 atom stereocenters. The van der Waals surface area contributed by atoms with Crippen molar-refractivity contribution >= 4 is 39.3 Å². The van der Waals surface area contributed by atoms with Gasteiger partial charge in [0.2, 0.25) is 0 Å². The summed E-state index contributed by atoms with van der Waals surface area (Å²) in [5.41, 5.74) is 0.829. The Balaban J connectivity index is 2.69. The summed E-state index contributed by atoms with van der Waals surface area (Å²) in [6.45, 7) is 2.42. The second-order valence-corrected chi connectivity index (χ2v) is 4.06. The zero-order valence-corrected chi connectivity index (χ0v) is 10.5. The van der Waals surface area contributed by atoms with Gasteiger partial charge in [0.1, 0.15) is 16.4 Å². The number of hydrogen-bond acceptors (Lipinski definition) is 3. The fourth-order valence-corrected chi connectivity index (χ4v) is 1.98. The van der Waals surface area contributed by atoms with E-state index in [1.807, 2.05) is 19.1 Å². The molecule has 17 heavy (non-hydrogen) atoms. The van der Waals surface area contributed by atoms with Crippen LogP contribution in [0.1, 0.15) is 17.3 Å². The van der Waals surface area contributed by atoms with Gasteiger partial charge >= 0.3 is 0 Å². The molecule has 0 radical (unpaired) electrons. The predicted octanol–water partition coefficient (Wildman–Crippen LogP) is 3.67. The van der Waals surface area contributed by atoms with Crippen LogP contribution in [0.3, 0.4) is 0 Å². The second kappa shape index (κ2) is 4.90. The molecule has 0 bridgehead atoms. The van der Waals surface area contributed by atoms with Crippen molar-refractivity contribution in [1.82, 2.24) is 4.98 Å². The van der Waals surface area contributed by atoms with Crippen LogP contribution in [-0.2, 0) is 0 Å². The first-order valence-electron chi connectivity index (χ1n) is 5.05. The summed E-state index contributed by atoms with van der Waals surface area (Å²) in [4.78, 5) is 15.3. The first-order valence-corrected chi connectivity index (χ1v) is 5.81. The van der Waals surface area contributed by atoms with Gasteiger partial charge in [0.15, 0.2) is 0 Å². The Hall–Kier alpha value is -1.32. The summed E-state index contributed by atoms with van der Waals surface area (Å²) in [5.74, 6) is 0.639. The van der Waals surface area contributed by atoms with Gasteiger partial charge in [-0.15, -0.1) is 0 Å². The average Bonchev–Trinajstić information content (AvgIpc) is 2.29. The lowest BCUT2D eigenvalue weighted by atomic mass is 10.1. The van der Waals surface area contributed by atoms with Crippen LogP contribution >= 0.6 is 23.2 Å². The maximum atomic E-state index is 11.1. The number of ether oxygens (including phenoxy) is 1. The largest absolute Gasteiger partial charge is 0.492 e. The van der Waals surface area contributed by atoms with Crippen LogP contribution in [0.5, 0.6) is 5.75 Å². The van der Waals surface area contributed by atoms with Gasteiger partial charge < -0.3 is 4.74 Å². The van der Waals surface area contributed by atoms with E-state index in [1.165, 1.54) is 0 Å². The molecule has 0 unspecified atom stereocenters. The number of para-hydroxylation sites is 1. The van der Waals surface area contributed by atoms with Crippen molar-refractivity contribution in [1.29, 1.82) is 0 Å². The van der Waals surface area contributed by atoms with Crippen molar-refractivity contribution in [2.24, 2.45) is 0 Å². The van der Waals surface area contributed by atoms with Gasteiger partial charge in [0, 0.05) is 5.39 Å². The number of fused-ring (bicyclic) bond motifs is 1. The van der Waals surface area contributed by atoms with Gasteiger partial charge in [-0.2, -0.15) is 0 Å². The third kappa shape index (κ3) is 2.35. The Morgan fingerprint density at radius 2 is 2.24 bits per heavy atom. The lowest BCUT2D eigenvalue weighted by Gasteiger charge is -2.08. The Bertz CT molecular complexity index is 584. The molecule has 1 aromatic heterocycles. The monoisotopic (exact) mass is 269 g/mol. The van der Waals surface area contributed by atoms with E-state index < -0.39 is 5.24 Å². The van der Waals surface area contributed by atoms with Gasteiger partial charge in [0.05, 0.1) is 12.2 Å². The maximum absolute atomic E-state index is 11.1. The van der Waals surface area contributed by atoms with Gasteiger partial charge in [0.25, 0.3) is 5.24 Å². The molecule has 0 aliphatic heterocycles. The van der Waals surface area contributed by atoms with E-state index in [9.17, 15) is 4.79 Å². The van der Waals surface area contributed by atoms with Gasteiger partial charge in [-0.05, 0) is 30.7 Å². The van der Waals surface area contributed by atoms with E-state index in [1.54, 1.807) is 12.1 Å². The molecule has 0 saturated heterocycles. The fourth-order valence-electron chi connectivity index (χ4n) is 1.56. The smallest absolute Gasteiger partial charge is 0.255 e. The minimum atomic E-state index is -0.619. The second-order valence-electron chi connectivity index (χ2n) is 3.36. The molecule has 0 spiro atoms. The number of aromatic nitrogens is 1. The van der Waals surface area contributed by atoms with Crippen molar-refractivity contribution in [2.75, 3.05) is 6.61 Å². The molecule has 0 aliphatic rings. The number of carbonyl (C=O) groups excluding carboxylic acids is 1. The molecule has 0 amide bonds. The lowest BCUT2D eigenvalue weighted by molar-refractivity contribution is 0.108. The van der Waals surface area contributed by atoms with Crippen LogP contribution in [0.4, 0.5) is 0 Å². The number of halogens is 2. The fraction of sp³-hybridized carbons (Fsp3) is 0.167. The number of hydrogen-bond donors (Lipinski definition) is 0. The van der Waals surface area contributed by atoms with Gasteiger partial charge in [-0.3, -0.25) is 4.79 Å². The van der Waals surface area contributed by atoms with E-state index in [4.69, 9.17) is 27.9 Å². The molecule has 1 heterocycles. The highest BCUT2D eigenvalue weighted by Gasteiger charge is 2.12. The van der Waals surface area contributed by atoms with Crippen LogP contribution in [0.2, 0.25) is 5.15 Å². The van der Waals surface area contributed by atoms with E-state index in [0.717, 1.165) is 5.39 Å². The van der Waals surface area contributed by atoms with Gasteiger partial charge in [-0.1, -0.05) is 23.7 Å². The number of benzene rings is 1. The van der Waals surface area contributed by atoms with Crippen LogP contribution in [0.25, 0.3) is 10.9 Å². The highest BCUT2D eigenvalue weighted by molar-refractivity contribution is 6.68. The summed E-state index contributed by atoms with van der Waals surface area (Å²) in [6, 6.07) is 7.07. The number of pyridine rings is 1. The van der Waals surface area contributed by atoms with E-state index in [-0.39, 0.29) is 10.7 Å². The molecule has 88 valence electrons. The van der Waals surface area contributed by atoms with Crippen molar-refractivity contribution in [3.8, 4) is 5.75 Å². The molecular weight excluding hydrogens is 261 g/mol. The van der Waals surface area contributed by atoms with Crippen LogP contribution in [-0.4, -0.2) is 16.8 Å². The van der Waals surface area contributed by atoms with E-state index in [0.29, 0.717) is 17.9 Å². The summed E-state index contributed by atoms with van der Waals surface area (Å²) in [7, 11) is 0. The van der Waals surface area contributed by atoms with Crippen molar-refractivity contribution in [2.45, 2.75) is 6.92 Å². The Morgan fingerprint density at radius 3 is 2.88 bits per heavy atom. The molecule has 3 nitrogen and oxygen atoms in total. The quantitative estimate of drug-likeness (QED) is 0.631. The van der Waals surface area contributed by atoms with Crippen LogP contribution in [0.15, 0.2) is 24.3 Å². The van der Waals surface area contributed by atoms with Crippen molar-refractivity contribution < 1.29 is 9.53 Å². The molecule has 0 N–H and O–H groups in total. The van der Waals surface area contributed by atoms with E-state index in [2.05, 4.69) is 4.98 Å². The molecule has 0 saturated carbocycles. The molecule has 2 rings (SSSR count). The van der Waals surface area contributed by atoms with Crippen molar-refractivity contribution in [3.05, 3.63) is 35.0 Å². The molecule has 0 aliphatic carbocycles. The summed E-state index contributed by atoms with van der Waals surface area (Å²) in [5, 5.41) is 0.236. The normalized spacial score (nSPS) is 10.5. The predicted molar refractivity (Wildman–Crippen MR) is 68.1 cm³/mol. The number of carbonyl (C=O) groups is 1. The maximum Gasteiger partial charge on any atom is 0.255 e. The summed E-state index contributed by atoms with van der Waals surface area (Å²) >= 11 is 11.3. The Kier molecular flexibility index (Phi) is 3.50. The highest BCUT2D eigenvalue weighted by Crippen LogP contribution is 2.28. The minimum absolute atomic E-state index is 0.0876. The summed E-state index contributed by atoms with van der Waals surface area (Å²) in [6.07, 6.45) is 0. The van der Waals surface area contributed by atoms with Crippen LogP contribution < -0.4 is 4.74 Å². The van der Waals surface area contributed by atoms with Crippen molar-refractivity contribution in [3.63, 3.8) is 0 Å². The topological polar surface area (TPSA) is 39.2 Å². The summed E-state index contributed by atoms with van der Waals surface area (Å²) < 4.78 is 5.44. The molecule has 2 aromatic rings.